The molecule has 1 aliphatic rings. The van der Waals surface area contributed by atoms with Crippen molar-refractivity contribution in [1.82, 2.24) is 0 Å². The number of benzene rings is 1. The van der Waals surface area contributed by atoms with Gasteiger partial charge in [0.15, 0.2) is 0 Å². The molecule has 0 atom stereocenters. The minimum absolute atomic E-state index is 0.427. The van der Waals surface area contributed by atoms with E-state index in [0.717, 1.165) is 17.6 Å². The molecule has 0 unspecified atom stereocenters. The van der Waals surface area contributed by atoms with E-state index >= 15 is 0 Å². The molecule has 0 aliphatic carbocycles. The fourth-order valence-electron chi connectivity index (χ4n) is 1.91. The molecule has 0 N–H and O–H groups in total. The second-order valence-electron chi connectivity index (χ2n) is 4.13. The fourth-order valence-corrected chi connectivity index (χ4v) is 2.41. The number of rotatable bonds is 3. The van der Waals surface area contributed by atoms with Crippen molar-refractivity contribution >= 4 is 21.6 Å². The summed E-state index contributed by atoms with van der Waals surface area (Å²) in [5.74, 6) is -0.427. The molecular formula is C12H16BrNO2. The van der Waals surface area contributed by atoms with Crippen molar-refractivity contribution in [3.8, 4) is 0 Å². The lowest BCUT2D eigenvalue weighted by Gasteiger charge is -2.49. The number of methoxy groups -OCH3 is 2. The van der Waals surface area contributed by atoms with Gasteiger partial charge >= 0.3 is 0 Å². The van der Waals surface area contributed by atoms with Crippen LogP contribution in [0.1, 0.15) is 5.56 Å². The van der Waals surface area contributed by atoms with E-state index in [4.69, 9.17) is 9.47 Å². The molecule has 1 aromatic rings. The Morgan fingerprint density at radius 2 is 1.88 bits per heavy atom. The van der Waals surface area contributed by atoms with Gasteiger partial charge in [0.1, 0.15) is 0 Å². The topological polar surface area (TPSA) is 21.7 Å². The number of aryl methyl sites for hydroxylation is 1. The molecule has 0 bridgehead atoms. The quantitative estimate of drug-likeness (QED) is 0.797. The molecule has 1 saturated heterocycles. The van der Waals surface area contributed by atoms with Crippen LogP contribution in [-0.2, 0) is 9.47 Å². The molecule has 1 heterocycles. The first-order valence-corrected chi connectivity index (χ1v) is 6.01. The van der Waals surface area contributed by atoms with Crippen molar-refractivity contribution in [2.24, 2.45) is 0 Å². The summed E-state index contributed by atoms with van der Waals surface area (Å²) in [7, 11) is 3.37. The molecule has 0 amide bonds. The Hall–Kier alpha value is -0.580. The third kappa shape index (κ3) is 1.97. The van der Waals surface area contributed by atoms with E-state index in [1.807, 2.05) is 0 Å². The monoisotopic (exact) mass is 285 g/mol. The molecule has 0 spiro atoms. The predicted molar refractivity (Wildman–Crippen MR) is 67.8 cm³/mol. The first kappa shape index (κ1) is 11.9. The van der Waals surface area contributed by atoms with Gasteiger partial charge in [-0.25, -0.2) is 0 Å². The van der Waals surface area contributed by atoms with E-state index in [9.17, 15) is 0 Å². The summed E-state index contributed by atoms with van der Waals surface area (Å²) >= 11 is 3.56. The van der Waals surface area contributed by atoms with Gasteiger partial charge in [-0.1, -0.05) is 6.07 Å². The molecule has 16 heavy (non-hydrogen) atoms. The Kier molecular flexibility index (Phi) is 3.24. The summed E-state index contributed by atoms with van der Waals surface area (Å²) in [6.07, 6.45) is 0. The number of anilines is 1. The van der Waals surface area contributed by atoms with Crippen molar-refractivity contribution in [1.29, 1.82) is 0 Å². The van der Waals surface area contributed by atoms with Crippen molar-refractivity contribution in [3.05, 3.63) is 28.2 Å². The van der Waals surface area contributed by atoms with Crippen LogP contribution < -0.4 is 4.90 Å². The SMILES string of the molecule is COC1(OC)CN(c2cc(C)ccc2Br)C1. The zero-order valence-electron chi connectivity index (χ0n) is 9.79. The average molecular weight is 286 g/mol. The van der Waals surface area contributed by atoms with Crippen molar-refractivity contribution < 1.29 is 9.47 Å². The normalized spacial score (nSPS) is 18.4. The predicted octanol–water partition coefficient (Wildman–Crippen LogP) is 2.57. The van der Waals surface area contributed by atoms with Gasteiger partial charge in [-0.15, -0.1) is 0 Å². The first-order valence-electron chi connectivity index (χ1n) is 5.21. The Balaban J connectivity index is 2.14. The first-order chi connectivity index (χ1) is 7.60. The van der Waals surface area contributed by atoms with Gasteiger partial charge in [-0.2, -0.15) is 0 Å². The van der Waals surface area contributed by atoms with Gasteiger partial charge in [0, 0.05) is 18.7 Å². The largest absolute Gasteiger partial charge is 0.360 e. The summed E-state index contributed by atoms with van der Waals surface area (Å²) in [5, 5.41) is 0. The van der Waals surface area contributed by atoms with Gasteiger partial charge in [0.05, 0.1) is 18.8 Å². The highest BCUT2D eigenvalue weighted by Gasteiger charge is 2.44. The van der Waals surface area contributed by atoms with Crippen molar-refractivity contribution in [2.45, 2.75) is 12.7 Å². The maximum atomic E-state index is 5.37. The molecule has 2 rings (SSSR count). The summed E-state index contributed by atoms with van der Waals surface area (Å²) in [5.41, 5.74) is 2.45. The van der Waals surface area contributed by atoms with E-state index < -0.39 is 5.79 Å². The maximum absolute atomic E-state index is 5.37. The minimum Gasteiger partial charge on any atom is -0.360 e. The fraction of sp³-hybridized carbons (Fsp3) is 0.500. The third-order valence-corrected chi connectivity index (χ3v) is 3.72. The van der Waals surface area contributed by atoms with Crippen LogP contribution in [0.25, 0.3) is 0 Å². The van der Waals surface area contributed by atoms with Crippen molar-refractivity contribution in [2.75, 3.05) is 32.2 Å². The number of hydrogen-bond acceptors (Lipinski definition) is 3. The van der Waals surface area contributed by atoms with Crippen LogP contribution in [-0.4, -0.2) is 33.1 Å². The number of ether oxygens (including phenoxy) is 2. The molecule has 0 aromatic heterocycles. The Labute approximate surface area is 104 Å². The summed E-state index contributed by atoms with van der Waals surface area (Å²) in [6.45, 7) is 3.62. The average Bonchev–Trinajstić information content (AvgIpc) is 2.23. The smallest absolute Gasteiger partial charge is 0.203 e. The Morgan fingerprint density at radius 1 is 1.25 bits per heavy atom. The van der Waals surface area contributed by atoms with Gasteiger partial charge in [-0.05, 0) is 40.5 Å². The Bertz CT molecular complexity index is 383. The molecule has 4 heteroatoms. The van der Waals surface area contributed by atoms with E-state index in [-0.39, 0.29) is 0 Å². The van der Waals surface area contributed by atoms with Gasteiger partial charge < -0.3 is 14.4 Å². The lowest BCUT2D eigenvalue weighted by atomic mass is 10.1. The molecule has 88 valence electrons. The maximum Gasteiger partial charge on any atom is 0.203 e. The summed E-state index contributed by atoms with van der Waals surface area (Å²) in [4.78, 5) is 2.24. The zero-order chi connectivity index (χ0) is 11.8. The Morgan fingerprint density at radius 3 is 2.44 bits per heavy atom. The minimum atomic E-state index is -0.427. The van der Waals surface area contributed by atoms with Gasteiger partial charge in [0.2, 0.25) is 5.79 Å². The van der Waals surface area contributed by atoms with Crippen LogP contribution in [0.5, 0.6) is 0 Å². The van der Waals surface area contributed by atoms with Gasteiger partial charge in [0.25, 0.3) is 0 Å². The summed E-state index contributed by atoms with van der Waals surface area (Å²) in [6, 6.07) is 6.33. The highest BCUT2D eigenvalue weighted by Crippen LogP contribution is 2.35. The second-order valence-corrected chi connectivity index (χ2v) is 4.98. The number of halogens is 1. The van der Waals surface area contributed by atoms with Crippen LogP contribution in [0, 0.1) is 6.92 Å². The zero-order valence-corrected chi connectivity index (χ0v) is 11.4. The summed E-state index contributed by atoms with van der Waals surface area (Å²) < 4.78 is 11.8. The van der Waals surface area contributed by atoms with Crippen LogP contribution in [0.4, 0.5) is 5.69 Å². The van der Waals surface area contributed by atoms with E-state index in [1.54, 1.807) is 14.2 Å². The molecule has 1 aromatic carbocycles. The van der Waals surface area contributed by atoms with Crippen LogP contribution in [0.3, 0.4) is 0 Å². The molecular weight excluding hydrogens is 270 g/mol. The highest BCUT2D eigenvalue weighted by molar-refractivity contribution is 9.10. The standard InChI is InChI=1S/C12H16BrNO2/c1-9-4-5-10(13)11(6-9)14-7-12(8-14,15-2)16-3/h4-6H,7-8H2,1-3H3. The van der Waals surface area contributed by atoms with Gasteiger partial charge in [-0.3, -0.25) is 0 Å². The van der Waals surface area contributed by atoms with E-state index in [0.29, 0.717) is 0 Å². The number of nitrogens with zero attached hydrogens (tertiary/aromatic N) is 1. The molecule has 0 radical (unpaired) electrons. The van der Waals surface area contributed by atoms with Crippen LogP contribution in [0.15, 0.2) is 22.7 Å². The molecule has 1 aliphatic heterocycles. The molecule has 1 fully saturated rings. The van der Waals surface area contributed by atoms with Crippen LogP contribution in [0.2, 0.25) is 0 Å². The van der Waals surface area contributed by atoms with Crippen LogP contribution >= 0.6 is 15.9 Å². The second kappa shape index (κ2) is 4.35. The third-order valence-electron chi connectivity index (χ3n) is 3.05. The molecule has 3 nitrogen and oxygen atoms in total. The highest BCUT2D eigenvalue weighted by atomic mass is 79.9. The van der Waals surface area contributed by atoms with Crippen molar-refractivity contribution in [3.63, 3.8) is 0 Å². The lowest BCUT2D eigenvalue weighted by molar-refractivity contribution is -0.219. The molecule has 0 saturated carbocycles. The lowest BCUT2D eigenvalue weighted by Crippen LogP contribution is -2.64. The van der Waals surface area contributed by atoms with E-state index in [2.05, 4.69) is 46.0 Å². The number of hydrogen-bond donors (Lipinski definition) is 0. The van der Waals surface area contributed by atoms with E-state index in [1.165, 1.54) is 11.3 Å².